The van der Waals surface area contributed by atoms with Gasteiger partial charge in [-0.2, -0.15) is 11.8 Å². The Labute approximate surface area is 169 Å². The molecule has 152 valence electrons. The lowest BCUT2D eigenvalue weighted by molar-refractivity contribution is -0.148. The Morgan fingerprint density at radius 2 is 1.86 bits per heavy atom. The molecule has 0 bridgehead atoms. The topological polar surface area (TPSA) is 66.5 Å². The number of imide groups is 1. The molecule has 3 rings (SSSR count). The van der Waals surface area contributed by atoms with E-state index < -0.39 is 6.04 Å². The highest BCUT2D eigenvalue weighted by atomic mass is 32.2. The molecule has 5 nitrogen and oxygen atoms in total. The van der Waals surface area contributed by atoms with Crippen molar-refractivity contribution < 1.29 is 18.8 Å². The van der Waals surface area contributed by atoms with Gasteiger partial charge in [-0.3, -0.25) is 19.3 Å². The van der Waals surface area contributed by atoms with Crippen molar-refractivity contribution in [1.82, 2.24) is 10.2 Å². The van der Waals surface area contributed by atoms with Gasteiger partial charge in [0, 0.05) is 6.54 Å². The molecular formula is C21H27FN2O3S. The number of hydrogen-bond acceptors (Lipinski definition) is 4. The summed E-state index contributed by atoms with van der Waals surface area (Å²) in [6, 6.07) is 5.68. The van der Waals surface area contributed by atoms with Crippen molar-refractivity contribution in [3.8, 4) is 0 Å². The summed E-state index contributed by atoms with van der Waals surface area (Å²) in [6.45, 7) is 0.263. The van der Waals surface area contributed by atoms with Crippen molar-refractivity contribution in [3.63, 3.8) is 0 Å². The minimum atomic E-state index is -0.779. The van der Waals surface area contributed by atoms with Crippen LogP contribution in [0.25, 0.3) is 0 Å². The number of rotatable bonds is 8. The van der Waals surface area contributed by atoms with Gasteiger partial charge in [0.05, 0.1) is 11.8 Å². The van der Waals surface area contributed by atoms with Crippen molar-refractivity contribution in [2.24, 2.45) is 11.8 Å². The van der Waals surface area contributed by atoms with Crippen LogP contribution in [0.5, 0.6) is 0 Å². The number of fused-ring (bicyclic) bond motifs is 1. The molecule has 1 aromatic carbocycles. The van der Waals surface area contributed by atoms with Gasteiger partial charge in [0.25, 0.3) is 0 Å². The lowest BCUT2D eigenvalue weighted by Crippen LogP contribution is -2.50. The van der Waals surface area contributed by atoms with Crippen LogP contribution in [-0.4, -0.2) is 47.2 Å². The number of nitrogens with zero attached hydrogens (tertiary/aromatic N) is 1. The van der Waals surface area contributed by atoms with Gasteiger partial charge >= 0.3 is 0 Å². The third-order valence-corrected chi connectivity index (χ3v) is 6.38. The van der Waals surface area contributed by atoms with Gasteiger partial charge in [0.1, 0.15) is 11.9 Å². The fraction of sp³-hybridized carbons (Fsp3) is 0.571. The molecule has 1 aliphatic heterocycles. The third-order valence-electron chi connectivity index (χ3n) is 5.74. The van der Waals surface area contributed by atoms with Crippen LogP contribution in [0.1, 0.15) is 37.7 Å². The highest BCUT2D eigenvalue weighted by Gasteiger charge is 2.51. The highest BCUT2D eigenvalue weighted by Crippen LogP contribution is 2.39. The van der Waals surface area contributed by atoms with E-state index in [0.29, 0.717) is 24.2 Å². The summed E-state index contributed by atoms with van der Waals surface area (Å²) in [4.78, 5) is 39.8. The molecule has 1 aliphatic carbocycles. The summed E-state index contributed by atoms with van der Waals surface area (Å²) in [5, 5.41) is 2.81. The van der Waals surface area contributed by atoms with E-state index in [2.05, 4.69) is 5.32 Å². The van der Waals surface area contributed by atoms with Crippen molar-refractivity contribution in [3.05, 3.63) is 35.6 Å². The second kappa shape index (κ2) is 9.54. The number of halogens is 1. The first-order chi connectivity index (χ1) is 13.5. The predicted octanol–water partition coefficient (Wildman–Crippen LogP) is 2.78. The molecule has 7 heteroatoms. The van der Waals surface area contributed by atoms with Crippen molar-refractivity contribution >= 4 is 29.5 Å². The van der Waals surface area contributed by atoms with E-state index in [1.807, 2.05) is 6.26 Å². The Bertz CT molecular complexity index is 718. The minimum Gasteiger partial charge on any atom is -0.354 e. The third kappa shape index (κ3) is 4.40. The maximum Gasteiger partial charge on any atom is 0.243 e. The molecule has 1 saturated heterocycles. The smallest absolute Gasteiger partial charge is 0.243 e. The van der Waals surface area contributed by atoms with Gasteiger partial charge in [-0.25, -0.2) is 4.39 Å². The highest BCUT2D eigenvalue weighted by molar-refractivity contribution is 7.98. The number of benzene rings is 1. The van der Waals surface area contributed by atoms with Crippen molar-refractivity contribution in [2.45, 2.75) is 44.6 Å². The molecule has 0 radical (unpaired) electrons. The van der Waals surface area contributed by atoms with Crippen LogP contribution >= 0.6 is 11.8 Å². The molecule has 2 aliphatic rings. The Hall–Kier alpha value is -1.89. The van der Waals surface area contributed by atoms with Crippen molar-refractivity contribution in [1.29, 1.82) is 0 Å². The molecule has 0 spiro atoms. The molecule has 28 heavy (non-hydrogen) atoms. The standard InChI is InChI=1S/C21H27FN2O3S/c1-28-13-11-18(19(25)23-12-10-14-6-2-5-9-17(14)22)24-20(26)15-7-3-4-8-16(15)21(24)27/h2,5-6,9,15-16,18H,3-4,7-8,10-13H2,1H3,(H,23,25)/t15-,16-,18-/m1/s1. The summed E-state index contributed by atoms with van der Waals surface area (Å²) in [5.41, 5.74) is 0.530. The average molecular weight is 407 g/mol. The van der Waals surface area contributed by atoms with E-state index in [1.54, 1.807) is 30.0 Å². The first-order valence-electron chi connectivity index (χ1n) is 9.91. The van der Waals surface area contributed by atoms with Gasteiger partial charge in [-0.15, -0.1) is 0 Å². The maximum atomic E-state index is 13.7. The summed E-state index contributed by atoms with van der Waals surface area (Å²) >= 11 is 1.58. The quantitative estimate of drug-likeness (QED) is 0.674. The van der Waals surface area contributed by atoms with Crippen LogP contribution in [0, 0.1) is 17.7 Å². The molecule has 0 aromatic heterocycles. The number of nitrogens with one attached hydrogen (secondary N) is 1. The van der Waals surface area contributed by atoms with Crippen LogP contribution in [0.2, 0.25) is 0 Å². The van der Waals surface area contributed by atoms with Gasteiger partial charge in [-0.05, 0) is 49.3 Å². The predicted molar refractivity (Wildman–Crippen MR) is 107 cm³/mol. The summed E-state index contributed by atoms with van der Waals surface area (Å²) in [5.74, 6) is -0.850. The van der Waals surface area contributed by atoms with E-state index in [0.717, 1.165) is 25.7 Å². The van der Waals surface area contributed by atoms with Gasteiger partial charge in [0.2, 0.25) is 17.7 Å². The van der Waals surface area contributed by atoms with Gasteiger partial charge in [-0.1, -0.05) is 31.0 Å². The molecule has 1 N–H and O–H groups in total. The van der Waals surface area contributed by atoms with E-state index in [-0.39, 0.29) is 41.9 Å². The molecule has 1 saturated carbocycles. The Kier molecular flexibility index (Phi) is 7.10. The molecule has 0 unspecified atom stereocenters. The molecule has 2 fully saturated rings. The molecule has 1 aromatic rings. The number of likely N-dealkylation sites (tertiary alicyclic amines) is 1. The normalized spacial score (nSPS) is 22.9. The van der Waals surface area contributed by atoms with E-state index in [1.165, 1.54) is 11.0 Å². The first kappa shape index (κ1) is 20.8. The fourth-order valence-corrected chi connectivity index (χ4v) is 4.70. The first-order valence-corrected chi connectivity index (χ1v) is 11.3. The minimum absolute atomic E-state index is 0.190. The van der Waals surface area contributed by atoms with Crippen LogP contribution in [0.4, 0.5) is 4.39 Å². The SMILES string of the molecule is CSCC[C@H](C(=O)NCCc1ccccc1F)N1C(=O)[C@@H]2CCCC[C@H]2C1=O. The Morgan fingerprint density at radius 3 is 2.46 bits per heavy atom. The van der Waals surface area contributed by atoms with Gasteiger partial charge in [0.15, 0.2) is 0 Å². The largest absolute Gasteiger partial charge is 0.354 e. The lowest BCUT2D eigenvalue weighted by atomic mass is 9.81. The van der Waals surface area contributed by atoms with Crippen LogP contribution in [0.3, 0.4) is 0 Å². The number of carbonyl (C=O) groups excluding carboxylic acids is 3. The average Bonchev–Trinajstić information content (AvgIpc) is 2.95. The van der Waals surface area contributed by atoms with Gasteiger partial charge < -0.3 is 5.32 Å². The summed E-state index contributed by atoms with van der Waals surface area (Å²) in [7, 11) is 0. The summed E-state index contributed by atoms with van der Waals surface area (Å²) < 4.78 is 13.7. The van der Waals surface area contributed by atoms with Crippen LogP contribution in [0.15, 0.2) is 24.3 Å². The molecule has 3 amide bonds. The zero-order chi connectivity index (χ0) is 20.1. The fourth-order valence-electron chi connectivity index (χ4n) is 4.24. The van der Waals surface area contributed by atoms with Crippen LogP contribution < -0.4 is 5.32 Å². The Balaban J connectivity index is 1.67. The zero-order valence-corrected chi connectivity index (χ0v) is 17.0. The second-order valence-electron chi connectivity index (χ2n) is 7.47. The molecule has 1 heterocycles. The zero-order valence-electron chi connectivity index (χ0n) is 16.2. The number of amides is 3. The van der Waals surface area contributed by atoms with Crippen LogP contribution in [-0.2, 0) is 20.8 Å². The summed E-state index contributed by atoms with van der Waals surface area (Å²) in [6.07, 6.45) is 6.10. The number of carbonyl (C=O) groups is 3. The van der Waals surface area contributed by atoms with E-state index >= 15 is 0 Å². The van der Waals surface area contributed by atoms with E-state index in [9.17, 15) is 18.8 Å². The number of thioether (sulfide) groups is 1. The molecule has 3 atom stereocenters. The van der Waals surface area contributed by atoms with Crippen molar-refractivity contribution in [2.75, 3.05) is 18.6 Å². The maximum absolute atomic E-state index is 13.7. The second-order valence-corrected chi connectivity index (χ2v) is 8.46. The number of hydrogen-bond donors (Lipinski definition) is 1. The lowest BCUT2D eigenvalue weighted by Gasteiger charge is -2.26. The monoisotopic (exact) mass is 406 g/mol. The Morgan fingerprint density at radius 1 is 1.21 bits per heavy atom. The van der Waals surface area contributed by atoms with E-state index in [4.69, 9.17) is 0 Å². The molecular weight excluding hydrogens is 379 g/mol.